The van der Waals surface area contributed by atoms with Crippen molar-refractivity contribution in [3.63, 3.8) is 0 Å². The van der Waals surface area contributed by atoms with Gasteiger partial charge < -0.3 is 4.55 Å². The van der Waals surface area contributed by atoms with Crippen LogP contribution in [0, 0.1) is 0 Å². The fourth-order valence-corrected chi connectivity index (χ4v) is 1.17. The van der Waals surface area contributed by atoms with E-state index in [2.05, 4.69) is 0 Å². The Hall–Kier alpha value is 1.27. The molecule has 0 amide bonds. The van der Waals surface area contributed by atoms with E-state index in [1.165, 1.54) is 0 Å². The Labute approximate surface area is 121 Å². The van der Waals surface area contributed by atoms with Gasteiger partial charge in [0.1, 0.15) is 12.8 Å². The first-order valence-corrected chi connectivity index (χ1v) is 4.77. The van der Waals surface area contributed by atoms with Crippen LogP contribution in [0.15, 0.2) is 0 Å². The van der Waals surface area contributed by atoms with Gasteiger partial charge in [-0.3, -0.25) is 0 Å². The van der Waals surface area contributed by atoms with Gasteiger partial charge in [0, 0.05) is 0 Å². The van der Waals surface area contributed by atoms with E-state index < -0.39 is 41.1 Å². The van der Waals surface area contributed by atoms with Crippen LogP contribution in [-0.2, 0) is 10.1 Å². The molecule has 3 unspecified atom stereocenters. The van der Waals surface area contributed by atoms with Gasteiger partial charge in [-0.15, -0.1) is 0 Å². The minimum Gasteiger partial charge on any atom is -0.748 e. The molecule has 14 heavy (non-hydrogen) atoms. The third-order valence-corrected chi connectivity index (χ3v) is 1.93. The van der Waals surface area contributed by atoms with Crippen molar-refractivity contribution in [2.24, 2.45) is 0 Å². The molecule has 0 aromatic rings. The standard InChI is InChI=1S/C5H8F4O3S.K/c6-1-3(7)5(9)4(8)2-13(10,11)12;/h3-5H,1-2H2,(H,10,11,12);/q;+1/p-1. The van der Waals surface area contributed by atoms with Gasteiger partial charge in [0.05, 0.1) is 15.9 Å². The Kier molecular flexibility index (Phi) is 9.49. The molecule has 0 aromatic carbocycles. The SMILES string of the molecule is O=S(=O)([O-])CC(F)C(F)C(F)CF.[K+]. The summed E-state index contributed by atoms with van der Waals surface area (Å²) < 4.78 is 77.8. The van der Waals surface area contributed by atoms with Crippen LogP contribution >= 0.6 is 0 Å². The zero-order valence-corrected chi connectivity index (χ0v) is 11.2. The zero-order valence-electron chi connectivity index (χ0n) is 7.29. The summed E-state index contributed by atoms with van der Waals surface area (Å²) in [6.07, 6.45) is -8.49. The Morgan fingerprint density at radius 3 is 1.86 bits per heavy atom. The van der Waals surface area contributed by atoms with Gasteiger partial charge in [0.2, 0.25) is 0 Å². The van der Waals surface area contributed by atoms with Crippen molar-refractivity contribution in [1.82, 2.24) is 0 Å². The van der Waals surface area contributed by atoms with Gasteiger partial charge in [-0.25, -0.2) is 26.0 Å². The summed E-state index contributed by atoms with van der Waals surface area (Å²) in [5.41, 5.74) is 0. The van der Waals surface area contributed by atoms with E-state index >= 15 is 0 Å². The van der Waals surface area contributed by atoms with Crippen LogP contribution in [0.4, 0.5) is 17.6 Å². The van der Waals surface area contributed by atoms with Gasteiger partial charge in [-0.1, -0.05) is 0 Å². The number of hydrogen-bond donors (Lipinski definition) is 0. The largest absolute Gasteiger partial charge is 1.00 e. The third kappa shape index (κ3) is 7.54. The summed E-state index contributed by atoms with van der Waals surface area (Å²) in [7, 11) is -4.96. The summed E-state index contributed by atoms with van der Waals surface area (Å²) in [4.78, 5) is 0. The van der Waals surface area contributed by atoms with E-state index in [-0.39, 0.29) is 51.4 Å². The van der Waals surface area contributed by atoms with E-state index in [1.54, 1.807) is 0 Å². The van der Waals surface area contributed by atoms with E-state index in [0.717, 1.165) is 0 Å². The van der Waals surface area contributed by atoms with Gasteiger partial charge >= 0.3 is 51.4 Å². The number of alkyl halides is 4. The van der Waals surface area contributed by atoms with Crippen molar-refractivity contribution in [3.8, 4) is 0 Å². The quantitative estimate of drug-likeness (QED) is 0.313. The van der Waals surface area contributed by atoms with E-state index in [0.29, 0.717) is 0 Å². The van der Waals surface area contributed by atoms with E-state index in [4.69, 9.17) is 0 Å². The molecule has 0 heterocycles. The predicted molar refractivity (Wildman–Crippen MR) is 35.2 cm³/mol. The molecule has 0 saturated heterocycles. The Bertz CT molecular complexity index is 247. The normalized spacial score (nSPS) is 18.1. The van der Waals surface area contributed by atoms with Crippen LogP contribution < -0.4 is 51.4 Å². The first-order chi connectivity index (χ1) is 5.78. The molecule has 3 atom stereocenters. The Morgan fingerprint density at radius 2 is 1.57 bits per heavy atom. The molecule has 0 aromatic heterocycles. The fourth-order valence-electron chi connectivity index (χ4n) is 0.599. The van der Waals surface area contributed by atoms with Crippen LogP contribution in [0.1, 0.15) is 0 Å². The third-order valence-electron chi connectivity index (χ3n) is 1.20. The monoisotopic (exact) mass is 262 g/mol. The molecular weight excluding hydrogens is 255 g/mol. The second kappa shape index (κ2) is 7.53. The smallest absolute Gasteiger partial charge is 0.748 e. The van der Waals surface area contributed by atoms with Crippen LogP contribution in [0.25, 0.3) is 0 Å². The predicted octanol–water partition coefficient (Wildman–Crippen LogP) is -2.48. The number of hydrogen-bond acceptors (Lipinski definition) is 3. The molecule has 0 aliphatic heterocycles. The average molecular weight is 262 g/mol. The number of halogens is 4. The first kappa shape index (κ1) is 17.7. The Balaban J connectivity index is 0. The molecule has 0 aliphatic carbocycles. The van der Waals surface area contributed by atoms with Crippen LogP contribution in [0.2, 0.25) is 0 Å². The molecule has 0 aliphatic rings. The topological polar surface area (TPSA) is 57.2 Å². The summed E-state index contributed by atoms with van der Waals surface area (Å²) in [6.45, 7) is -1.76. The van der Waals surface area contributed by atoms with Crippen molar-refractivity contribution >= 4 is 10.1 Å². The maximum atomic E-state index is 12.4. The summed E-state index contributed by atoms with van der Waals surface area (Å²) in [5, 5.41) is 0. The summed E-state index contributed by atoms with van der Waals surface area (Å²) >= 11 is 0. The van der Waals surface area contributed by atoms with Crippen LogP contribution in [0.5, 0.6) is 0 Å². The Morgan fingerprint density at radius 1 is 1.14 bits per heavy atom. The van der Waals surface area contributed by atoms with Crippen molar-refractivity contribution in [3.05, 3.63) is 0 Å². The second-order valence-corrected chi connectivity index (χ2v) is 3.80. The molecular formula is C5H7F4KO3S. The average Bonchev–Trinajstić information content (AvgIpc) is 1.98. The molecule has 0 radical (unpaired) electrons. The van der Waals surface area contributed by atoms with Crippen molar-refractivity contribution in [2.45, 2.75) is 18.5 Å². The van der Waals surface area contributed by atoms with Gasteiger partial charge in [-0.05, 0) is 0 Å². The molecule has 9 heteroatoms. The molecule has 3 nitrogen and oxygen atoms in total. The minimum atomic E-state index is -4.96. The maximum absolute atomic E-state index is 12.4. The molecule has 0 N–H and O–H groups in total. The molecule has 0 rings (SSSR count). The molecule has 0 fully saturated rings. The number of rotatable bonds is 5. The van der Waals surface area contributed by atoms with E-state index in [1.807, 2.05) is 0 Å². The van der Waals surface area contributed by atoms with Crippen molar-refractivity contribution < 1.29 is 81.9 Å². The van der Waals surface area contributed by atoms with Gasteiger partial charge in [0.25, 0.3) is 0 Å². The maximum Gasteiger partial charge on any atom is 1.00 e. The zero-order chi connectivity index (χ0) is 10.6. The molecule has 0 saturated carbocycles. The minimum absolute atomic E-state index is 0. The summed E-state index contributed by atoms with van der Waals surface area (Å²) in [6, 6.07) is 0. The molecule has 80 valence electrons. The van der Waals surface area contributed by atoms with Crippen LogP contribution in [-0.4, -0.2) is 43.9 Å². The van der Waals surface area contributed by atoms with E-state index in [9.17, 15) is 30.5 Å². The van der Waals surface area contributed by atoms with Gasteiger partial charge in [-0.2, -0.15) is 0 Å². The van der Waals surface area contributed by atoms with Crippen molar-refractivity contribution in [1.29, 1.82) is 0 Å². The first-order valence-electron chi connectivity index (χ1n) is 3.19. The molecule has 0 spiro atoms. The van der Waals surface area contributed by atoms with Gasteiger partial charge in [0.15, 0.2) is 12.3 Å². The second-order valence-electron chi connectivity index (χ2n) is 2.36. The molecule has 0 bridgehead atoms. The summed E-state index contributed by atoms with van der Waals surface area (Å²) in [5.74, 6) is -1.69. The van der Waals surface area contributed by atoms with Crippen molar-refractivity contribution in [2.75, 3.05) is 12.4 Å². The van der Waals surface area contributed by atoms with Crippen LogP contribution in [0.3, 0.4) is 0 Å². The fraction of sp³-hybridized carbons (Fsp3) is 1.00.